The predicted octanol–water partition coefficient (Wildman–Crippen LogP) is 7.16. The van der Waals surface area contributed by atoms with Gasteiger partial charge in [0, 0.05) is 32.1 Å². The number of hydrogen-bond donors (Lipinski definition) is 0. The molecule has 0 saturated heterocycles. The molecule has 31 heavy (non-hydrogen) atoms. The number of halogens is 4. The molecule has 2 unspecified atom stereocenters. The summed E-state index contributed by atoms with van der Waals surface area (Å²) in [4.78, 5) is 13.4. The van der Waals surface area contributed by atoms with Crippen LogP contribution in [0.3, 0.4) is 0 Å². The molecule has 8 heteroatoms. The molecule has 0 fully saturated rings. The Kier molecular flexibility index (Phi) is 5.47. The van der Waals surface area contributed by atoms with Gasteiger partial charge in [-0.15, -0.1) is 0 Å². The fourth-order valence-corrected chi connectivity index (χ4v) is 4.80. The Morgan fingerprint density at radius 3 is 2.42 bits per heavy atom. The van der Waals surface area contributed by atoms with Crippen molar-refractivity contribution in [3.63, 3.8) is 0 Å². The molecule has 0 bridgehead atoms. The number of hydrogen-bond acceptors (Lipinski definition) is 4. The summed E-state index contributed by atoms with van der Waals surface area (Å²) in [7, 11) is 0. The molecule has 0 spiro atoms. The molecule has 2 aliphatic rings. The smallest absolute Gasteiger partial charge is 0.251 e. The Morgan fingerprint density at radius 2 is 1.71 bits per heavy atom. The molecule has 4 nitrogen and oxygen atoms in total. The average Bonchev–Trinajstić information content (AvgIpc) is 3.19. The summed E-state index contributed by atoms with van der Waals surface area (Å²) in [5, 5.41) is 7.93. The first kappa shape index (κ1) is 20.8. The van der Waals surface area contributed by atoms with Gasteiger partial charge in [0.05, 0.1) is 16.8 Å². The second-order valence-electron chi connectivity index (χ2n) is 7.30. The van der Waals surface area contributed by atoms with Crippen molar-refractivity contribution in [3.05, 3.63) is 96.9 Å². The lowest BCUT2D eigenvalue weighted by atomic mass is 9.95. The molecule has 0 amide bonds. The molecule has 0 N–H and O–H groups in total. The highest BCUT2D eigenvalue weighted by molar-refractivity contribution is 9.10. The van der Waals surface area contributed by atoms with Gasteiger partial charge in [-0.2, -0.15) is 5.10 Å². The number of Topliss-reactive ketones (excluding diaryl/α,β-unsaturated/α-hetero) is 1. The third-order valence-corrected chi connectivity index (χ3v) is 6.62. The van der Waals surface area contributed by atoms with E-state index in [4.69, 9.17) is 44.6 Å². The molecule has 0 aliphatic carbocycles. The minimum atomic E-state index is -0.953. The zero-order chi connectivity index (χ0) is 21.7. The Bertz CT molecular complexity index is 1210. The maximum Gasteiger partial charge on any atom is 0.251 e. The van der Waals surface area contributed by atoms with Crippen molar-refractivity contribution in [2.24, 2.45) is 5.10 Å². The second-order valence-corrected chi connectivity index (χ2v) is 9.50. The van der Waals surface area contributed by atoms with Crippen LogP contribution < -0.4 is 4.74 Å². The standard InChI is InChI=1S/C23H14BrCl3N2O2/c24-14-5-1-12(2-6-14)19-11-20-17-9-16(26)10-18(27)22(17)31-23(29(20)28-19)21(30)13-3-7-15(25)8-4-13/h1-10,20,23H,11H2. The molecule has 2 aliphatic heterocycles. The van der Waals surface area contributed by atoms with Crippen molar-refractivity contribution in [1.29, 1.82) is 0 Å². The number of rotatable bonds is 3. The summed E-state index contributed by atoms with van der Waals surface area (Å²) in [6, 6.07) is 17.8. The first-order valence-electron chi connectivity index (χ1n) is 9.48. The number of nitrogens with zero attached hydrogens (tertiary/aromatic N) is 2. The van der Waals surface area contributed by atoms with Gasteiger partial charge in [0.2, 0.25) is 5.78 Å². The van der Waals surface area contributed by atoms with Crippen molar-refractivity contribution < 1.29 is 9.53 Å². The molecule has 0 saturated carbocycles. The van der Waals surface area contributed by atoms with Gasteiger partial charge in [-0.05, 0) is 54.1 Å². The van der Waals surface area contributed by atoms with Gasteiger partial charge >= 0.3 is 0 Å². The summed E-state index contributed by atoms with van der Waals surface area (Å²) in [5.74, 6) is 0.242. The number of ketones is 1. The zero-order valence-electron chi connectivity index (χ0n) is 15.9. The second kappa shape index (κ2) is 8.14. The van der Waals surface area contributed by atoms with Crippen molar-refractivity contribution in [3.8, 4) is 5.75 Å². The normalized spacial score (nSPS) is 19.4. The van der Waals surface area contributed by atoms with Crippen LogP contribution in [0.5, 0.6) is 5.75 Å². The number of carbonyl (C=O) groups excluding carboxylic acids is 1. The lowest BCUT2D eigenvalue weighted by Gasteiger charge is -2.37. The van der Waals surface area contributed by atoms with Crippen LogP contribution in [0.4, 0.5) is 0 Å². The summed E-state index contributed by atoms with van der Waals surface area (Å²) < 4.78 is 7.10. The maximum absolute atomic E-state index is 13.4. The topological polar surface area (TPSA) is 41.9 Å². The van der Waals surface area contributed by atoms with Crippen LogP contribution >= 0.6 is 50.7 Å². The van der Waals surface area contributed by atoms with E-state index in [-0.39, 0.29) is 11.8 Å². The van der Waals surface area contributed by atoms with Crippen LogP contribution in [0.25, 0.3) is 0 Å². The molecular formula is C23H14BrCl3N2O2. The Labute approximate surface area is 202 Å². The van der Waals surface area contributed by atoms with E-state index < -0.39 is 6.23 Å². The monoisotopic (exact) mass is 534 g/mol. The van der Waals surface area contributed by atoms with E-state index in [0.29, 0.717) is 32.8 Å². The molecule has 0 aromatic heterocycles. The highest BCUT2D eigenvalue weighted by atomic mass is 79.9. The van der Waals surface area contributed by atoms with Gasteiger partial charge < -0.3 is 4.74 Å². The molecule has 2 heterocycles. The summed E-state index contributed by atoms with van der Waals surface area (Å²) in [5.41, 5.74) is 3.13. The van der Waals surface area contributed by atoms with Crippen molar-refractivity contribution >= 4 is 62.2 Å². The lowest BCUT2D eigenvalue weighted by molar-refractivity contribution is -0.00447. The highest BCUT2D eigenvalue weighted by Crippen LogP contribution is 2.47. The van der Waals surface area contributed by atoms with Crippen LogP contribution in [0, 0.1) is 0 Å². The fourth-order valence-electron chi connectivity index (χ4n) is 3.86. The molecule has 5 rings (SSSR count). The van der Waals surface area contributed by atoms with Crippen molar-refractivity contribution in [2.75, 3.05) is 0 Å². The van der Waals surface area contributed by atoms with Gasteiger partial charge in [-0.25, -0.2) is 5.01 Å². The minimum absolute atomic E-state index is 0.222. The van der Waals surface area contributed by atoms with Crippen molar-refractivity contribution in [2.45, 2.75) is 18.7 Å². The van der Waals surface area contributed by atoms with E-state index in [1.165, 1.54) is 0 Å². The maximum atomic E-state index is 13.4. The van der Waals surface area contributed by atoms with Crippen LogP contribution in [-0.2, 0) is 0 Å². The lowest BCUT2D eigenvalue weighted by Crippen LogP contribution is -2.46. The number of fused-ring (bicyclic) bond motifs is 3. The van der Waals surface area contributed by atoms with Gasteiger partial charge in [0.15, 0.2) is 0 Å². The first-order valence-corrected chi connectivity index (χ1v) is 11.4. The highest BCUT2D eigenvalue weighted by Gasteiger charge is 2.44. The van der Waals surface area contributed by atoms with E-state index in [9.17, 15) is 4.79 Å². The third-order valence-electron chi connectivity index (χ3n) is 5.34. The fraction of sp³-hybridized carbons (Fsp3) is 0.130. The first-order chi connectivity index (χ1) is 14.9. The number of ether oxygens (including phenoxy) is 1. The Morgan fingerprint density at radius 1 is 1.00 bits per heavy atom. The predicted molar refractivity (Wildman–Crippen MR) is 127 cm³/mol. The van der Waals surface area contributed by atoms with Gasteiger partial charge in [0.25, 0.3) is 6.23 Å². The van der Waals surface area contributed by atoms with Gasteiger partial charge in [-0.3, -0.25) is 4.79 Å². The Balaban J connectivity index is 1.59. The molecule has 3 aromatic carbocycles. The minimum Gasteiger partial charge on any atom is -0.459 e. The molecular weight excluding hydrogens is 523 g/mol. The molecule has 2 atom stereocenters. The third kappa shape index (κ3) is 3.85. The SMILES string of the molecule is O=C(c1ccc(Cl)cc1)C1Oc2c(Cl)cc(Cl)cc2C2CC(c3ccc(Br)cc3)=NN12. The van der Waals surface area contributed by atoms with Crippen LogP contribution in [0.1, 0.15) is 33.9 Å². The molecule has 156 valence electrons. The van der Waals surface area contributed by atoms with E-state index >= 15 is 0 Å². The van der Waals surface area contributed by atoms with Crippen LogP contribution in [0.2, 0.25) is 15.1 Å². The van der Waals surface area contributed by atoms with E-state index in [0.717, 1.165) is 21.3 Å². The largest absolute Gasteiger partial charge is 0.459 e. The van der Waals surface area contributed by atoms with E-state index in [1.54, 1.807) is 35.3 Å². The van der Waals surface area contributed by atoms with Crippen LogP contribution in [-0.4, -0.2) is 22.7 Å². The van der Waals surface area contributed by atoms with Crippen molar-refractivity contribution in [1.82, 2.24) is 5.01 Å². The number of benzene rings is 3. The van der Waals surface area contributed by atoms with Gasteiger partial charge in [-0.1, -0.05) is 62.9 Å². The average molecular weight is 537 g/mol. The van der Waals surface area contributed by atoms with E-state index in [2.05, 4.69) is 15.9 Å². The molecule has 0 radical (unpaired) electrons. The summed E-state index contributed by atoms with van der Waals surface area (Å²) >= 11 is 22.2. The van der Waals surface area contributed by atoms with E-state index in [1.807, 2.05) is 30.3 Å². The van der Waals surface area contributed by atoms with Crippen LogP contribution in [0.15, 0.2) is 70.2 Å². The summed E-state index contributed by atoms with van der Waals surface area (Å²) in [6.07, 6.45) is -0.357. The van der Waals surface area contributed by atoms with Gasteiger partial charge in [0.1, 0.15) is 5.75 Å². The summed E-state index contributed by atoms with van der Waals surface area (Å²) in [6.45, 7) is 0. The zero-order valence-corrected chi connectivity index (χ0v) is 19.7. The number of carbonyl (C=O) groups is 1. The number of hydrazone groups is 1. The quantitative estimate of drug-likeness (QED) is 0.334. The molecule has 3 aromatic rings. The Hall–Kier alpha value is -2.05.